The Bertz CT molecular complexity index is 442. The van der Waals surface area contributed by atoms with Crippen molar-refractivity contribution in [2.24, 2.45) is 5.41 Å². The molecule has 0 aliphatic rings. The summed E-state index contributed by atoms with van der Waals surface area (Å²) in [6, 6.07) is 0. The number of thioether (sulfide) groups is 2. The summed E-state index contributed by atoms with van der Waals surface area (Å²) >= 11 is 3.03. The second-order valence-corrected chi connectivity index (χ2v) is 8.33. The van der Waals surface area contributed by atoms with Crippen molar-refractivity contribution >= 4 is 41.3 Å². The molecule has 0 aromatic carbocycles. The molecule has 0 radical (unpaired) electrons. The normalized spacial score (nSPS) is 12.7. The van der Waals surface area contributed by atoms with Crippen molar-refractivity contribution in [2.75, 3.05) is 19.6 Å². The molecule has 0 heterocycles. The van der Waals surface area contributed by atoms with Gasteiger partial charge in [-0.15, -0.1) is 30.1 Å². The van der Waals surface area contributed by atoms with Crippen molar-refractivity contribution in [1.29, 1.82) is 0 Å². The topological polar surface area (TPSA) is 63.7 Å². The Kier molecular flexibility index (Phi) is 9.61. The van der Waals surface area contributed by atoms with Crippen LogP contribution in [0.4, 0.5) is 0 Å². The Balaban J connectivity index is 5.08. The van der Waals surface area contributed by atoms with Gasteiger partial charge in [0.2, 0.25) is 11.8 Å². The van der Waals surface area contributed by atoms with Crippen LogP contribution in [0.1, 0.15) is 33.6 Å². The molecule has 5 nitrogen and oxygen atoms in total. The van der Waals surface area contributed by atoms with Gasteiger partial charge in [-0.2, -0.15) is 0 Å². The molecule has 0 saturated heterocycles. The molecular formula is C16H27NO4S2. The average molecular weight is 362 g/mol. The van der Waals surface area contributed by atoms with Gasteiger partial charge >= 0.3 is 5.97 Å². The SMILES string of the molecule is C=CCC(=O)N(C)C(=O)CC(OC(=O)C(C)(C)C)C(SC)SC. The van der Waals surface area contributed by atoms with Crippen LogP contribution in [0.3, 0.4) is 0 Å². The molecule has 0 aliphatic carbocycles. The zero-order valence-electron chi connectivity index (χ0n) is 14.8. The summed E-state index contributed by atoms with van der Waals surface area (Å²) in [5.74, 6) is -1.05. The van der Waals surface area contributed by atoms with Crippen LogP contribution in [0.15, 0.2) is 12.7 Å². The third kappa shape index (κ3) is 7.44. The van der Waals surface area contributed by atoms with E-state index in [1.807, 2.05) is 12.5 Å². The summed E-state index contributed by atoms with van der Waals surface area (Å²) < 4.78 is 5.48. The highest BCUT2D eigenvalue weighted by molar-refractivity contribution is 8.16. The summed E-state index contributed by atoms with van der Waals surface area (Å²) in [5.41, 5.74) is -0.646. The highest BCUT2D eigenvalue weighted by Crippen LogP contribution is 2.29. The maximum atomic E-state index is 12.3. The van der Waals surface area contributed by atoms with E-state index in [-0.39, 0.29) is 35.2 Å². The fourth-order valence-electron chi connectivity index (χ4n) is 1.62. The van der Waals surface area contributed by atoms with Gasteiger partial charge in [-0.05, 0) is 33.3 Å². The molecule has 0 spiro atoms. The molecule has 23 heavy (non-hydrogen) atoms. The van der Waals surface area contributed by atoms with Gasteiger partial charge in [0.15, 0.2) is 0 Å². The smallest absolute Gasteiger partial charge is 0.311 e. The molecule has 0 aliphatic heterocycles. The minimum absolute atomic E-state index is 0.0203. The summed E-state index contributed by atoms with van der Waals surface area (Å²) in [7, 11) is 1.43. The number of imide groups is 1. The Morgan fingerprint density at radius 3 is 2.09 bits per heavy atom. The standard InChI is InChI=1S/C16H27NO4S2/c1-8-9-12(18)17(5)13(19)10-11(14(22-6)23-7)21-15(20)16(2,3)4/h8,11,14H,1,9-10H2,2-7H3. The van der Waals surface area contributed by atoms with E-state index in [4.69, 9.17) is 4.74 Å². The van der Waals surface area contributed by atoms with Crippen LogP contribution in [-0.4, -0.2) is 52.9 Å². The van der Waals surface area contributed by atoms with E-state index in [9.17, 15) is 14.4 Å². The van der Waals surface area contributed by atoms with Gasteiger partial charge in [0.1, 0.15) is 6.10 Å². The zero-order chi connectivity index (χ0) is 18.2. The van der Waals surface area contributed by atoms with Gasteiger partial charge in [-0.1, -0.05) is 6.08 Å². The van der Waals surface area contributed by atoms with E-state index in [2.05, 4.69) is 6.58 Å². The second-order valence-electron chi connectivity index (χ2n) is 6.08. The van der Waals surface area contributed by atoms with Crippen LogP contribution in [0.2, 0.25) is 0 Å². The largest absolute Gasteiger partial charge is 0.459 e. The number of rotatable bonds is 8. The van der Waals surface area contributed by atoms with Crippen molar-refractivity contribution in [1.82, 2.24) is 4.90 Å². The molecule has 1 unspecified atom stereocenters. The van der Waals surface area contributed by atoms with Gasteiger partial charge in [-0.3, -0.25) is 19.3 Å². The number of nitrogens with zero attached hydrogens (tertiary/aromatic N) is 1. The monoisotopic (exact) mass is 361 g/mol. The Morgan fingerprint density at radius 2 is 1.70 bits per heavy atom. The maximum Gasteiger partial charge on any atom is 0.311 e. The number of amides is 2. The fraction of sp³-hybridized carbons (Fsp3) is 0.688. The number of carbonyl (C=O) groups is 3. The molecule has 0 fully saturated rings. The van der Waals surface area contributed by atoms with Crippen molar-refractivity contribution in [2.45, 2.75) is 44.3 Å². The molecule has 0 aromatic rings. The van der Waals surface area contributed by atoms with E-state index in [1.54, 1.807) is 20.8 Å². The number of esters is 1. The van der Waals surface area contributed by atoms with Crippen molar-refractivity contribution < 1.29 is 19.1 Å². The van der Waals surface area contributed by atoms with Gasteiger partial charge in [0, 0.05) is 13.5 Å². The molecular weight excluding hydrogens is 334 g/mol. The van der Waals surface area contributed by atoms with E-state index in [0.717, 1.165) is 4.90 Å². The first-order valence-corrected chi connectivity index (χ1v) is 9.83. The summed E-state index contributed by atoms with van der Waals surface area (Å²) in [5, 5.41) is 0. The van der Waals surface area contributed by atoms with Crippen molar-refractivity contribution in [3.05, 3.63) is 12.7 Å². The molecule has 7 heteroatoms. The van der Waals surface area contributed by atoms with Crippen LogP contribution in [0.25, 0.3) is 0 Å². The molecule has 1 atom stereocenters. The first kappa shape index (κ1) is 22.1. The van der Waals surface area contributed by atoms with E-state index in [0.29, 0.717) is 0 Å². The van der Waals surface area contributed by atoms with Gasteiger partial charge < -0.3 is 4.74 Å². The second kappa shape index (κ2) is 10.0. The van der Waals surface area contributed by atoms with Crippen molar-refractivity contribution in [3.8, 4) is 0 Å². The first-order chi connectivity index (χ1) is 10.6. The molecule has 0 aromatic heterocycles. The van der Waals surface area contributed by atoms with Crippen LogP contribution in [0.5, 0.6) is 0 Å². The average Bonchev–Trinajstić information content (AvgIpc) is 2.46. The number of hydrogen-bond donors (Lipinski definition) is 0. The molecule has 0 saturated carbocycles. The molecule has 132 valence electrons. The lowest BCUT2D eigenvalue weighted by Gasteiger charge is -2.28. The first-order valence-electron chi connectivity index (χ1n) is 7.25. The van der Waals surface area contributed by atoms with Crippen LogP contribution in [0, 0.1) is 5.41 Å². The van der Waals surface area contributed by atoms with E-state index >= 15 is 0 Å². The summed E-state index contributed by atoms with van der Waals surface area (Å²) in [4.78, 5) is 37.3. The Labute approximate surface area is 147 Å². The van der Waals surface area contributed by atoms with Gasteiger partial charge in [-0.25, -0.2) is 0 Å². The van der Waals surface area contributed by atoms with Gasteiger partial charge in [0.25, 0.3) is 0 Å². The number of ether oxygens (including phenoxy) is 1. The predicted octanol–water partition coefficient (Wildman–Crippen LogP) is 2.95. The molecule has 0 rings (SSSR count). The lowest BCUT2D eigenvalue weighted by molar-refractivity contribution is -0.159. The summed E-state index contributed by atoms with van der Waals surface area (Å²) in [6.07, 6.45) is 4.75. The minimum atomic E-state index is -0.646. The maximum absolute atomic E-state index is 12.3. The fourth-order valence-corrected chi connectivity index (χ4v) is 3.30. The summed E-state index contributed by atoms with van der Waals surface area (Å²) in [6.45, 7) is 8.78. The lowest BCUT2D eigenvalue weighted by atomic mass is 9.97. The van der Waals surface area contributed by atoms with E-state index < -0.39 is 11.5 Å². The van der Waals surface area contributed by atoms with Crippen molar-refractivity contribution in [3.63, 3.8) is 0 Å². The predicted molar refractivity (Wildman–Crippen MR) is 97.4 cm³/mol. The Morgan fingerprint density at radius 1 is 1.17 bits per heavy atom. The van der Waals surface area contributed by atoms with Crippen LogP contribution in [-0.2, 0) is 19.1 Å². The highest BCUT2D eigenvalue weighted by Gasteiger charge is 2.33. The van der Waals surface area contributed by atoms with Gasteiger partial charge in [0.05, 0.1) is 16.4 Å². The van der Waals surface area contributed by atoms with Crippen LogP contribution < -0.4 is 0 Å². The third-order valence-electron chi connectivity index (χ3n) is 3.08. The zero-order valence-corrected chi connectivity index (χ0v) is 16.4. The number of hydrogen-bond acceptors (Lipinski definition) is 6. The Hall–Kier alpha value is -0.950. The minimum Gasteiger partial charge on any atom is -0.459 e. The van der Waals surface area contributed by atoms with E-state index in [1.165, 1.54) is 36.6 Å². The quantitative estimate of drug-likeness (QED) is 0.376. The molecule has 2 amide bonds. The van der Waals surface area contributed by atoms with Crippen LogP contribution >= 0.6 is 23.5 Å². The third-order valence-corrected chi connectivity index (χ3v) is 5.77. The number of carbonyl (C=O) groups excluding carboxylic acids is 3. The molecule has 0 N–H and O–H groups in total. The molecule has 0 bridgehead atoms. The lowest BCUT2D eigenvalue weighted by Crippen LogP contribution is -2.39. The highest BCUT2D eigenvalue weighted by atomic mass is 32.2.